The van der Waals surface area contributed by atoms with Crippen LogP contribution in [0.1, 0.15) is 24.8 Å². The van der Waals surface area contributed by atoms with E-state index in [1.165, 1.54) is 5.56 Å². The summed E-state index contributed by atoms with van der Waals surface area (Å²) < 4.78 is 0. The van der Waals surface area contributed by atoms with E-state index in [0.29, 0.717) is 5.92 Å². The Hall–Kier alpha value is -1.55. The molecular weight excluding hydrogens is 240 g/mol. The van der Waals surface area contributed by atoms with Crippen LogP contribution in [0.2, 0.25) is 0 Å². The minimum Gasteiger partial charge on any atom is -0.396 e. The molecule has 1 saturated heterocycles. The first kappa shape index (κ1) is 13.9. The Labute approximate surface area is 114 Å². The summed E-state index contributed by atoms with van der Waals surface area (Å²) in [6.07, 6.45) is 2.91. The topological polar surface area (TPSA) is 52.6 Å². The molecule has 104 valence electrons. The Balaban J connectivity index is 1.90. The summed E-state index contributed by atoms with van der Waals surface area (Å²) in [6.45, 7) is 3.78. The second kappa shape index (κ2) is 6.57. The van der Waals surface area contributed by atoms with Crippen LogP contribution in [0, 0.1) is 12.8 Å². The van der Waals surface area contributed by atoms with Crippen molar-refractivity contribution in [2.45, 2.75) is 26.2 Å². The molecule has 1 fully saturated rings. The van der Waals surface area contributed by atoms with Gasteiger partial charge in [-0.1, -0.05) is 17.7 Å². The summed E-state index contributed by atoms with van der Waals surface area (Å²) in [5.41, 5.74) is 2.01. The molecule has 0 radical (unpaired) electrons. The third kappa shape index (κ3) is 3.96. The number of urea groups is 1. The van der Waals surface area contributed by atoms with Crippen molar-refractivity contribution in [3.63, 3.8) is 0 Å². The molecule has 1 atom stereocenters. The lowest BCUT2D eigenvalue weighted by atomic mass is 9.95. The number of amides is 2. The fourth-order valence-electron chi connectivity index (χ4n) is 2.51. The van der Waals surface area contributed by atoms with Crippen molar-refractivity contribution in [1.82, 2.24) is 4.90 Å². The Morgan fingerprint density at radius 2 is 2.16 bits per heavy atom. The molecule has 0 aliphatic carbocycles. The lowest BCUT2D eigenvalue weighted by Crippen LogP contribution is -2.42. The molecule has 1 aliphatic heterocycles. The van der Waals surface area contributed by atoms with E-state index in [2.05, 4.69) is 5.32 Å². The van der Waals surface area contributed by atoms with Crippen molar-refractivity contribution in [2.75, 3.05) is 25.0 Å². The van der Waals surface area contributed by atoms with Crippen LogP contribution in [0.4, 0.5) is 10.5 Å². The second-order valence-electron chi connectivity index (χ2n) is 5.26. The molecule has 19 heavy (non-hydrogen) atoms. The molecule has 4 nitrogen and oxygen atoms in total. The molecule has 2 rings (SSSR count). The average Bonchev–Trinajstić information content (AvgIpc) is 2.42. The normalized spacial score (nSPS) is 19.3. The zero-order chi connectivity index (χ0) is 13.7. The van der Waals surface area contributed by atoms with Crippen LogP contribution in [0.5, 0.6) is 0 Å². The van der Waals surface area contributed by atoms with E-state index in [0.717, 1.165) is 38.0 Å². The maximum Gasteiger partial charge on any atom is 0.321 e. The zero-order valence-corrected chi connectivity index (χ0v) is 11.4. The number of anilines is 1. The summed E-state index contributed by atoms with van der Waals surface area (Å²) in [7, 11) is 0. The van der Waals surface area contributed by atoms with Gasteiger partial charge < -0.3 is 15.3 Å². The number of nitrogens with one attached hydrogen (secondary N) is 1. The molecule has 4 heteroatoms. The third-order valence-corrected chi connectivity index (χ3v) is 3.65. The maximum atomic E-state index is 12.2. The van der Waals surface area contributed by atoms with Gasteiger partial charge in [0.1, 0.15) is 0 Å². The fourth-order valence-corrected chi connectivity index (χ4v) is 2.51. The Kier molecular flexibility index (Phi) is 4.80. The summed E-state index contributed by atoms with van der Waals surface area (Å²) in [5.74, 6) is 0.433. The fraction of sp³-hybridized carbons (Fsp3) is 0.533. The van der Waals surface area contributed by atoms with Crippen LogP contribution in [-0.2, 0) is 0 Å². The third-order valence-electron chi connectivity index (χ3n) is 3.65. The molecule has 0 aromatic heterocycles. The minimum atomic E-state index is -0.0357. The number of piperidine rings is 1. The maximum absolute atomic E-state index is 12.2. The predicted molar refractivity (Wildman–Crippen MR) is 76.2 cm³/mol. The van der Waals surface area contributed by atoms with Gasteiger partial charge in [0.05, 0.1) is 0 Å². The van der Waals surface area contributed by atoms with Crippen molar-refractivity contribution in [3.8, 4) is 0 Å². The van der Waals surface area contributed by atoms with E-state index in [1.807, 2.05) is 36.1 Å². The first-order valence-electron chi connectivity index (χ1n) is 6.92. The highest BCUT2D eigenvalue weighted by atomic mass is 16.3. The van der Waals surface area contributed by atoms with Crippen molar-refractivity contribution >= 4 is 11.7 Å². The van der Waals surface area contributed by atoms with Gasteiger partial charge >= 0.3 is 6.03 Å². The molecular formula is C15H22N2O2. The number of aliphatic hydroxyl groups is 1. The number of likely N-dealkylation sites (tertiary alicyclic amines) is 1. The van der Waals surface area contributed by atoms with Crippen LogP contribution < -0.4 is 5.32 Å². The number of nitrogens with zero attached hydrogens (tertiary/aromatic N) is 1. The van der Waals surface area contributed by atoms with Crippen molar-refractivity contribution in [3.05, 3.63) is 29.8 Å². The SMILES string of the molecule is Cc1ccc(NC(=O)N2CCCC(CCO)C2)cc1. The van der Waals surface area contributed by atoms with Gasteiger partial charge in [0.2, 0.25) is 0 Å². The van der Waals surface area contributed by atoms with Gasteiger partial charge in [-0.25, -0.2) is 4.79 Å². The van der Waals surface area contributed by atoms with Crippen LogP contribution in [-0.4, -0.2) is 35.7 Å². The number of aliphatic hydroxyl groups excluding tert-OH is 1. The van der Waals surface area contributed by atoms with E-state index in [-0.39, 0.29) is 12.6 Å². The lowest BCUT2D eigenvalue weighted by Gasteiger charge is -2.32. The van der Waals surface area contributed by atoms with Gasteiger partial charge in [-0.2, -0.15) is 0 Å². The average molecular weight is 262 g/mol. The van der Waals surface area contributed by atoms with Crippen LogP contribution >= 0.6 is 0 Å². The van der Waals surface area contributed by atoms with Gasteiger partial charge in [-0.15, -0.1) is 0 Å². The van der Waals surface area contributed by atoms with Gasteiger partial charge in [-0.05, 0) is 44.2 Å². The van der Waals surface area contributed by atoms with Crippen molar-refractivity contribution < 1.29 is 9.90 Å². The Bertz CT molecular complexity index is 415. The molecule has 1 aliphatic rings. The summed E-state index contributed by atoms with van der Waals surface area (Å²) in [6, 6.07) is 7.78. The number of hydrogen-bond donors (Lipinski definition) is 2. The summed E-state index contributed by atoms with van der Waals surface area (Å²) >= 11 is 0. The van der Waals surface area contributed by atoms with E-state index < -0.39 is 0 Å². The van der Waals surface area contributed by atoms with Gasteiger partial charge in [0.25, 0.3) is 0 Å². The second-order valence-corrected chi connectivity index (χ2v) is 5.26. The number of benzene rings is 1. The van der Waals surface area contributed by atoms with E-state index in [1.54, 1.807) is 0 Å². The van der Waals surface area contributed by atoms with E-state index >= 15 is 0 Å². The molecule has 2 N–H and O–H groups in total. The molecule has 1 heterocycles. The standard InChI is InChI=1S/C15H22N2O2/c1-12-4-6-14(7-5-12)16-15(19)17-9-2-3-13(11-17)8-10-18/h4-7,13,18H,2-3,8-11H2,1H3,(H,16,19). The van der Waals surface area contributed by atoms with Crippen LogP contribution in [0.25, 0.3) is 0 Å². The zero-order valence-electron chi connectivity index (χ0n) is 11.4. The monoisotopic (exact) mass is 262 g/mol. The van der Waals surface area contributed by atoms with Crippen LogP contribution in [0.3, 0.4) is 0 Å². The molecule has 0 bridgehead atoms. The molecule has 2 amide bonds. The van der Waals surface area contributed by atoms with Crippen molar-refractivity contribution in [2.24, 2.45) is 5.92 Å². The minimum absolute atomic E-state index is 0.0357. The number of aryl methyl sites for hydroxylation is 1. The molecule has 1 unspecified atom stereocenters. The Morgan fingerprint density at radius 1 is 1.42 bits per heavy atom. The highest BCUT2D eigenvalue weighted by Crippen LogP contribution is 2.20. The highest BCUT2D eigenvalue weighted by Gasteiger charge is 2.23. The molecule has 0 saturated carbocycles. The lowest BCUT2D eigenvalue weighted by molar-refractivity contribution is 0.159. The highest BCUT2D eigenvalue weighted by molar-refractivity contribution is 5.89. The smallest absolute Gasteiger partial charge is 0.321 e. The molecule has 1 aromatic carbocycles. The largest absolute Gasteiger partial charge is 0.396 e. The molecule has 0 spiro atoms. The molecule has 1 aromatic rings. The van der Waals surface area contributed by atoms with Gasteiger partial charge in [-0.3, -0.25) is 0 Å². The first-order valence-corrected chi connectivity index (χ1v) is 6.92. The van der Waals surface area contributed by atoms with Gasteiger partial charge in [0.15, 0.2) is 0 Å². The number of carbonyl (C=O) groups excluding carboxylic acids is 1. The number of hydrogen-bond acceptors (Lipinski definition) is 2. The van der Waals surface area contributed by atoms with Crippen LogP contribution in [0.15, 0.2) is 24.3 Å². The number of rotatable bonds is 3. The van der Waals surface area contributed by atoms with Gasteiger partial charge in [0, 0.05) is 25.4 Å². The number of carbonyl (C=O) groups is 1. The predicted octanol–water partition coefficient (Wildman–Crippen LogP) is 2.62. The summed E-state index contributed by atoms with van der Waals surface area (Å²) in [5, 5.41) is 11.9. The van der Waals surface area contributed by atoms with E-state index in [9.17, 15) is 4.79 Å². The van der Waals surface area contributed by atoms with E-state index in [4.69, 9.17) is 5.11 Å². The Morgan fingerprint density at radius 3 is 2.84 bits per heavy atom. The summed E-state index contributed by atoms with van der Waals surface area (Å²) in [4.78, 5) is 14.0. The first-order chi connectivity index (χ1) is 9.19. The quantitative estimate of drug-likeness (QED) is 0.879. The van der Waals surface area contributed by atoms with Crippen molar-refractivity contribution in [1.29, 1.82) is 0 Å².